The number of nitrogens with one attached hydrogen (secondary N) is 1. The van der Waals surface area contributed by atoms with Gasteiger partial charge in [0.05, 0.1) is 19.1 Å². The second-order valence-corrected chi connectivity index (χ2v) is 7.97. The first-order chi connectivity index (χ1) is 11.9. The summed E-state index contributed by atoms with van der Waals surface area (Å²) in [5, 5.41) is 0. The molecule has 0 bridgehead atoms. The SMILES string of the molecule is COc1ccc([C@H](CC(C)C)NS(=O)(=O)c2ccc(OC)cc2)cc1. The van der Waals surface area contributed by atoms with Crippen molar-refractivity contribution in [2.75, 3.05) is 14.2 Å². The molecule has 5 nitrogen and oxygen atoms in total. The van der Waals surface area contributed by atoms with E-state index in [9.17, 15) is 8.42 Å². The molecule has 0 saturated heterocycles. The maximum absolute atomic E-state index is 12.7. The van der Waals surface area contributed by atoms with E-state index >= 15 is 0 Å². The van der Waals surface area contributed by atoms with Crippen LogP contribution in [0, 0.1) is 5.92 Å². The van der Waals surface area contributed by atoms with E-state index in [-0.39, 0.29) is 10.9 Å². The fourth-order valence-corrected chi connectivity index (χ4v) is 3.81. The summed E-state index contributed by atoms with van der Waals surface area (Å²) in [4.78, 5) is 0.218. The third-order valence-corrected chi connectivity index (χ3v) is 5.38. The molecule has 1 atom stereocenters. The Balaban J connectivity index is 2.27. The molecule has 2 aromatic carbocycles. The van der Waals surface area contributed by atoms with Crippen LogP contribution in [-0.4, -0.2) is 22.6 Å². The Morgan fingerprint density at radius 1 is 0.880 bits per heavy atom. The largest absolute Gasteiger partial charge is 0.497 e. The molecule has 0 fully saturated rings. The Labute approximate surface area is 150 Å². The third kappa shape index (κ3) is 5.21. The van der Waals surface area contributed by atoms with Crippen LogP contribution in [-0.2, 0) is 10.0 Å². The molecule has 0 amide bonds. The van der Waals surface area contributed by atoms with Crippen molar-refractivity contribution in [3.63, 3.8) is 0 Å². The summed E-state index contributed by atoms with van der Waals surface area (Å²) in [6.07, 6.45) is 0.696. The second-order valence-electron chi connectivity index (χ2n) is 6.25. The molecule has 2 rings (SSSR count). The quantitative estimate of drug-likeness (QED) is 0.775. The van der Waals surface area contributed by atoms with Crippen molar-refractivity contribution >= 4 is 10.0 Å². The van der Waals surface area contributed by atoms with Crippen LogP contribution in [0.5, 0.6) is 11.5 Å². The second kappa shape index (κ2) is 8.36. The predicted octanol–water partition coefficient (Wildman–Crippen LogP) is 3.77. The molecular weight excluding hydrogens is 338 g/mol. The molecule has 6 heteroatoms. The highest BCUT2D eigenvalue weighted by atomic mass is 32.2. The lowest BCUT2D eigenvalue weighted by Gasteiger charge is -2.21. The molecule has 0 saturated carbocycles. The molecule has 0 aromatic heterocycles. The zero-order valence-corrected chi connectivity index (χ0v) is 15.8. The maximum atomic E-state index is 12.7. The molecule has 0 aliphatic carbocycles. The number of hydrogen-bond acceptors (Lipinski definition) is 4. The normalized spacial score (nSPS) is 12.8. The van der Waals surface area contributed by atoms with Crippen LogP contribution in [0.1, 0.15) is 31.9 Å². The molecule has 0 radical (unpaired) electrons. The van der Waals surface area contributed by atoms with Gasteiger partial charge in [-0.1, -0.05) is 26.0 Å². The van der Waals surface area contributed by atoms with E-state index in [0.717, 1.165) is 11.3 Å². The van der Waals surface area contributed by atoms with Crippen LogP contribution in [0.3, 0.4) is 0 Å². The predicted molar refractivity (Wildman–Crippen MR) is 98.5 cm³/mol. The lowest BCUT2D eigenvalue weighted by atomic mass is 9.98. The fraction of sp³-hybridized carbons (Fsp3) is 0.368. The zero-order chi connectivity index (χ0) is 18.4. The monoisotopic (exact) mass is 363 g/mol. The van der Waals surface area contributed by atoms with E-state index in [1.807, 2.05) is 24.3 Å². The molecule has 25 heavy (non-hydrogen) atoms. The molecule has 1 N–H and O–H groups in total. The number of rotatable bonds is 8. The molecular formula is C19H25NO4S. The van der Waals surface area contributed by atoms with Gasteiger partial charge in [-0.15, -0.1) is 0 Å². The minimum absolute atomic E-state index is 0.218. The van der Waals surface area contributed by atoms with Gasteiger partial charge in [-0.3, -0.25) is 0 Å². The number of benzene rings is 2. The Morgan fingerprint density at radius 2 is 1.36 bits per heavy atom. The van der Waals surface area contributed by atoms with Gasteiger partial charge in [0.2, 0.25) is 10.0 Å². The number of hydrogen-bond donors (Lipinski definition) is 1. The van der Waals surface area contributed by atoms with Crippen LogP contribution < -0.4 is 14.2 Å². The van der Waals surface area contributed by atoms with Crippen molar-refractivity contribution < 1.29 is 17.9 Å². The number of methoxy groups -OCH3 is 2. The van der Waals surface area contributed by atoms with Crippen LogP contribution in [0.2, 0.25) is 0 Å². The van der Waals surface area contributed by atoms with Crippen molar-refractivity contribution in [3.8, 4) is 11.5 Å². The van der Waals surface area contributed by atoms with E-state index in [4.69, 9.17) is 9.47 Å². The van der Waals surface area contributed by atoms with Crippen molar-refractivity contribution in [2.24, 2.45) is 5.92 Å². The fourth-order valence-electron chi connectivity index (χ4n) is 2.57. The Kier molecular flexibility index (Phi) is 6.45. The average molecular weight is 363 g/mol. The first kappa shape index (κ1) is 19.3. The van der Waals surface area contributed by atoms with E-state index < -0.39 is 10.0 Å². The summed E-state index contributed by atoms with van der Waals surface area (Å²) in [5.41, 5.74) is 0.909. The van der Waals surface area contributed by atoms with Crippen molar-refractivity contribution in [3.05, 3.63) is 54.1 Å². The lowest BCUT2D eigenvalue weighted by molar-refractivity contribution is 0.414. The highest BCUT2D eigenvalue weighted by Gasteiger charge is 2.22. The van der Waals surface area contributed by atoms with Crippen LogP contribution in [0.4, 0.5) is 0 Å². The van der Waals surface area contributed by atoms with Gasteiger partial charge in [-0.25, -0.2) is 13.1 Å². The Hall–Kier alpha value is -2.05. The van der Waals surface area contributed by atoms with Gasteiger partial charge < -0.3 is 9.47 Å². The summed E-state index contributed by atoms with van der Waals surface area (Å²) in [5.74, 6) is 1.70. The van der Waals surface area contributed by atoms with E-state index in [0.29, 0.717) is 18.1 Å². The minimum Gasteiger partial charge on any atom is -0.497 e. The Bertz CT molecular complexity index is 768. The highest BCUT2D eigenvalue weighted by Crippen LogP contribution is 2.26. The van der Waals surface area contributed by atoms with Gasteiger partial charge in [-0.2, -0.15) is 0 Å². The van der Waals surface area contributed by atoms with Gasteiger partial charge in [0.1, 0.15) is 11.5 Å². The highest BCUT2D eigenvalue weighted by molar-refractivity contribution is 7.89. The van der Waals surface area contributed by atoms with Crippen LogP contribution in [0.25, 0.3) is 0 Å². The average Bonchev–Trinajstić information content (AvgIpc) is 2.60. The smallest absolute Gasteiger partial charge is 0.241 e. The van der Waals surface area contributed by atoms with Crippen molar-refractivity contribution in [2.45, 2.75) is 31.2 Å². The maximum Gasteiger partial charge on any atom is 0.241 e. The molecule has 2 aromatic rings. The summed E-state index contributed by atoms with van der Waals surface area (Å²) in [7, 11) is -0.481. The molecule has 0 aliphatic heterocycles. The summed E-state index contributed by atoms with van der Waals surface area (Å²) in [6, 6.07) is 13.5. The standard InChI is InChI=1S/C19H25NO4S/c1-14(2)13-19(15-5-7-16(23-3)8-6-15)20-25(21,22)18-11-9-17(24-4)10-12-18/h5-12,14,19-20H,13H2,1-4H3/t19-/m0/s1. The molecule has 0 spiro atoms. The molecule has 0 aliphatic rings. The van der Waals surface area contributed by atoms with E-state index in [1.165, 1.54) is 0 Å². The molecule has 136 valence electrons. The van der Waals surface area contributed by atoms with E-state index in [1.54, 1.807) is 38.5 Å². The zero-order valence-electron chi connectivity index (χ0n) is 15.0. The third-order valence-electron chi connectivity index (χ3n) is 3.89. The van der Waals surface area contributed by atoms with Gasteiger partial charge in [-0.05, 0) is 54.3 Å². The minimum atomic E-state index is -3.63. The van der Waals surface area contributed by atoms with Crippen LogP contribution in [0.15, 0.2) is 53.4 Å². The first-order valence-corrected chi connectivity index (χ1v) is 9.64. The topological polar surface area (TPSA) is 64.6 Å². The number of sulfonamides is 1. The van der Waals surface area contributed by atoms with Gasteiger partial charge >= 0.3 is 0 Å². The van der Waals surface area contributed by atoms with Crippen molar-refractivity contribution in [1.82, 2.24) is 4.72 Å². The van der Waals surface area contributed by atoms with Crippen molar-refractivity contribution in [1.29, 1.82) is 0 Å². The summed E-state index contributed by atoms with van der Waals surface area (Å²) >= 11 is 0. The summed E-state index contributed by atoms with van der Waals surface area (Å²) in [6.45, 7) is 4.14. The van der Waals surface area contributed by atoms with E-state index in [2.05, 4.69) is 18.6 Å². The van der Waals surface area contributed by atoms with Gasteiger partial charge in [0, 0.05) is 6.04 Å². The van der Waals surface area contributed by atoms with Crippen LogP contribution >= 0.6 is 0 Å². The van der Waals surface area contributed by atoms with Gasteiger partial charge in [0.15, 0.2) is 0 Å². The molecule has 0 heterocycles. The first-order valence-electron chi connectivity index (χ1n) is 8.16. The number of ether oxygens (including phenoxy) is 2. The summed E-state index contributed by atoms with van der Waals surface area (Å²) < 4.78 is 38.6. The molecule has 0 unspecified atom stereocenters. The Morgan fingerprint density at radius 3 is 1.80 bits per heavy atom. The lowest BCUT2D eigenvalue weighted by Crippen LogP contribution is -2.29. The van der Waals surface area contributed by atoms with Gasteiger partial charge in [0.25, 0.3) is 0 Å².